The Hall–Kier alpha value is -1.90. The predicted molar refractivity (Wildman–Crippen MR) is 108 cm³/mol. The number of amides is 1. The largest absolute Gasteiger partial charge is 0.336 e. The lowest BCUT2D eigenvalue weighted by Crippen LogP contribution is -2.50. The molecule has 0 saturated carbocycles. The lowest BCUT2D eigenvalue weighted by molar-refractivity contribution is 0.0698. The first-order valence-corrected chi connectivity index (χ1v) is 11.1. The Morgan fingerprint density at radius 3 is 2.25 bits per heavy atom. The van der Waals surface area contributed by atoms with E-state index in [1.807, 2.05) is 13.8 Å². The van der Waals surface area contributed by atoms with E-state index in [1.165, 1.54) is 4.31 Å². The number of piperazine rings is 1. The average Bonchev–Trinajstić information content (AvgIpc) is 2.97. The number of hydrogen-bond acceptors (Lipinski definition) is 4. The Morgan fingerprint density at radius 2 is 1.71 bits per heavy atom. The van der Waals surface area contributed by atoms with Gasteiger partial charge in [-0.05, 0) is 39.8 Å². The zero-order valence-electron chi connectivity index (χ0n) is 16.5. The molecule has 2 heterocycles. The lowest BCUT2D eigenvalue weighted by Gasteiger charge is -2.34. The van der Waals surface area contributed by atoms with Crippen LogP contribution < -0.4 is 0 Å². The first kappa shape index (κ1) is 20.8. The third-order valence-corrected chi connectivity index (χ3v) is 7.46. The summed E-state index contributed by atoms with van der Waals surface area (Å²) in [5, 5.41) is 4.79. The van der Waals surface area contributed by atoms with Gasteiger partial charge in [-0.15, -0.1) is 0 Å². The second kappa shape index (κ2) is 7.85. The summed E-state index contributed by atoms with van der Waals surface area (Å²) in [6, 6.07) is 6.96. The number of benzene rings is 1. The minimum absolute atomic E-state index is 0.0766. The van der Waals surface area contributed by atoms with E-state index < -0.39 is 10.0 Å². The average molecular weight is 425 g/mol. The van der Waals surface area contributed by atoms with Crippen molar-refractivity contribution >= 4 is 27.5 Å². The monoisotopic (exact) mass is 424 g/mol. The Bertz CT molecular complexity index is 993. The quantitative estimate of drug-likeness (QED) is 0.756. The fourth-order valence-corrected chi connectivity index (χ4v) is 5.59. The molecule has 0 spiro atoms. The predicted octanol–water partition coefficient (Wildman–Crippen LogP) is 2.88. The van der Waals surface area contributed by atoms with Crippen molar-refractivity contribution in [3.63, 3.8) is 0 Å². The van der Waals surface area contributed by atoms with Gasteiger partial charge in [0.2, 0.25) is 10.0 Å². The molecule has 0 bridgehead atoms. The molecule has 2 aromatic rings. The van der Waals surface area contributed by atoms with Crippen LogP contribution in [0.25, 0.3) is 0 Å². The second-order valence-electron chi connectivity index (χ2n) is 7.21. The van der Waals surface area contributed by atoms with E-state index in [0.717, 1.165) is 0 Å². The number of carbonyl (C=O) groups excluding carboxylic acids is 1. The van der Waals surface area contributed by atoms with Gasteiger partial charge >= 0.3 is 0 Å². The fourth-order valence-electron chi connectivity index (χ4n) is 3.59. The van der Waals surface area contributed by atoms with Crippen LogP contribution in [0.4, 0.5) is 0 Å². The number of halogens is 1. The third-order valence-electron chi connectivity index (χ3n) is 4.98. The summed E-state index contributed by atoms with van der Waals surface area (Å²) in [6.07, 6.45) is 0. The minimum Gasteiger partial charge on any atom is -0.336 e. The molecule has 0 unspecified atom stereocenters. The van der Waals surface area contributed by atoms with Crippen molar-refractivity contribution in [1.82, 2.24) is 19.0 Å². The van der Waals surface area contributed by atoms with E-state index in [0.29, 0.717) is 35.1 Å². The molecule has 0 radical (unpaired) electrons. The van der Waals surface area contributed by atoms with Crippen LogP contribution >= 0.6 is 11.6 Å². The molecule has 7 nitrogen and oxygen atoms in total. The molecule has 0 N–H and O–H groups in total. The van der Waals surface area contributed by atoms with Crippen molar-refractivity contribution in [2.75, 3.05) is 26.2 Å². The summed E-state index contributed by atoms with van der Waals surface area (Å²) >= 11 is 6.12. The van der Waals surface area contributed by atoms with Crippen molar-refractivity contribution in [2.45, 2.75) is 38.6 Å². The van der Waals surface area contributed by atoms with E-state index >= 15 is 0 Å². The second-order valence-corrected chi connectivity index (χ2v) is 9.50. The number of carbonyl (C=O) groups is 1. The SMILES string of the molecule is Cc1nn(C(C)C)c(C)c1S(=O)(=O)N1CCN(C(=O)c2ccccc2Cl)CC1. The van der Waals surface area contributed by atoms with Gasteiger partial charge in [0.1, 0.15) is 4.90 Å². The summed E-state index contributed by atoms with van der Waals surface area (Å²) in [5.74, 6) is -0.178. The molecule has 1 amide bonds. The Balaban J connectivity index is 1.78. The van der Waals surface area contributed by atoms with Gasteiger partial charge in [-0.1, -0.05) is 23.7 Å². The molecular formula is C19H25ClN4O3S. The summed E-state index contributed by atoms with van der Waals surface area (Å²) < 4.78 is 29.6. The highest BCUT2D eigenvalue weighted by Crippen LogP contribution is 2.27. The zero-order chi connectivity index (χ0) is 20.6. The molecule has 152 valence electrons. The number of aromatic nitrogens is 2. The first-order valence-electron chi connectivity index (χ1n) is 9.24. The van der Waals surface area contributed by atoms with Gasteiger partial charge in [-0.25, -0.2) is 8.42 Å². The molecule has 28 heavy (non-hydrogen) atoms. The van der Waals surface area contributed by atoms with E-state index in [2.05, 4.69) is 5.10 Å². The van der Waals surface area contributed by atoms with Crippen LogP contribution in [-0.2, 0) is 10.0 Å². The summed E-state index contributed by atoms with van der Waals surface area (Å²) in [7, 11) is -3.67. The van der Waals surface area contributed by atoms with Gasteiger partial charge in [0.05, 0.1) is 22.0 Å². The maximum atomic E-state index is 13.2. The Morgan fingerprint density at radius 1 is 1.11 bits per heavy atom. The maximum absolute atomic E-state index is 13.2. The number of aryl methyl sites for hydroxylation is 1. The molecule has 1 saturated heterocycles. The number of nitrogens with zero attached hydrogens (tertiary/aromatic N) is 4. The van der Waals surface area contributed by atoms with Crippen molar-refractivity contribution in [1.29, 1.82) is 0 Å². The summed E-state index contributed by atoms with van der Waals surface area (Å²) in [6.45, 7) is 8.55. The van der Waals surface area contributed by atoms with Gasteiger partial charge < -0.3 is 4.90 Å². The Kier molecular flexibility index (Phi) is 5.84. The van der Waals surface area contributed by atoms with Gasteiger partial charge in [0.15, 0.2) is 0 Å². The highest BCUT2D eigenvalue weighted by molar-refractivity contribution is 7.89. The van der Waals surface area contributed by atoms with Gasteiger partial charge in [-0.2, -0.15) is 9.40 Å². The van der Waals surface area contributed by atoms with Gasteiger partial charge in [0, 0.05) is 32.2 Å². The molecule has 1 aliphatic heterocycles. The van der Waals surface area contributed by atoms with Crippen LogP contribution in [0.1, 0.15) is 41.6 Å². The van der Waals surface area contributed by atoms with E-state index in [9.17, 15) is 13.2 Å². The van der Waals surface area contributed by atoms with Crippen LogP contribution in [0.3, 0.4) is 0 Å². The van der Waals surface area contributed by atoms with Crippen LogP contribution in [0, 0.1) is 13.8 Å². The van der Waals surface area contributed by atoms with Crippen molar-refractivity contribution in [3.05, 3.63) is 46.2 Å². The van der Waals surface area contributed by atoms with E-state index in [1.54, 1.807) is 47.7 Å². The minimum atomic E-state index is -3.67. The van der Waals surface area contributed by atoms with Crippen LogP contribution in [0.15, 0.2) is 29.2 Å². The molecule has 0 aliphatic carbocycles. The summed E-state index contributed by atoms with van der Waals surface area (Å²) in [5.41, 5.74) is 1.58. The van der Waals surface area contributed by atoms with Crippen LogP contribution in [0.2, 0.25) is 5.02 Å². The highest BCUT2D eigenvalue weighted by atomic mass is 35.5. The highest BCUT2D eigenvalue weighted by Gasteiger charge is 2.34. The van der Waals surface area contributed by atoms with Gasteiger partial charge in [-0.3, -0.25) is 9.48 Å². The molecule has 1 aliphatic rings. The molecule has 3 rings (SSSR count). The smallest absolute Gasteiger partial charge is 0.255 e. The maximum Gasteiger partial charge on any atom is 0.255 e. The topological polar surface area (TPSA) is 75.5 Å². The zero-order valence-corrected chi connectivity index (χ0v) is 18.1. The van der Waals surface area contributed by atoms with Crippen molar-refractivity contribution in [3.8, 4) is 0 Å². The summed E-state index contributed by atoms with van der Waals surface area (Å²) in [4.78, 5) is 14.6. The number of hydrogen-bond donors (Lipinski definition) is 0. The molecule has 1 aromatic heterocycles. The van der Waals surface area contributed by atoms with Gasteiger partial charge in [0.25, 0.3) is 5.91 Å². The molecule has 1 fully saturated rings. The van der Waals surface area contributed by atoms with Crippen molar-refractivity contribution in [2.24, 2.45) is 0 Å². The van der Waals surface area contributed by atoms with E-state index in [-0.39, 0.29) is 29.9 Å². The lowest BCUT2D eigenvalue weighted by atomic mass is 10.2. The third kappa shape index (κ3) is 3.68. The fraction of sp³-hybridized carbons (Fsp3) is 0.474. The normalized spacial score (nSPS) is 16.0. The van der Waals surface area contributed by atoms with Crippen molar-refractivity contribution < 1.29 is 13.2 Å². The number of sulfonamides is 1. The molecule has 9 heteroatoms. The van der Waals surface area contributed by atoms with E-state index in [4.69, 9.17) is 11.6 Å². The molecule has 1 aromatic carbocycles. The first-order chi connectivity index (χ1) is 13.1. The standard InChI is InChI=1S/C19H25ClN4O3S/c1-13(2)24-15(4)18(14(3)21-24)28(26,27)23-11-9-22(10-12-23)19(25)16-7-5-6-8-17(16)20/h5-8,13H,9-12H2,1-4H3. The van der Waals surface area contributed by atoms with Crippen LogP contribution in [-0.4, -0.2) is 59.5 Å². The number of rotatable bonds is 4. The van der Waals surface area contributed by atoms with Crippen LogP contribution in [0.5, 0.6) is 0 Å². The Labute approximate surface area is 170 Å². The molecular weight excluding hydrogens is 400 g/mol. The molecule has 0 atom stereocenters.